The molecule has 1 N–H and O–H groups in total. The number of hydrogen-bond acceptors (Lipinski definition) is 5. The van der Waals surface area contributed by atoms with E-state index < -0.39 is 0 Å². The number of aromatic nitrogens is 6. The molecule has 0 saturated heterocycles. The molecule has 2 aromatic heterocycles. The highest BCUT2D eigenvalue weighted by Crippen LogP contribution is 2.03. The second kappa shape index (κ2) is 5.17. The van der Waals surface area contributed by atoms with Gasteiger partial charge in [0.2, 0.25) is 4.77 Å². The van der Waals surface area contributed by atoms with E-state index in [4.69, 9.17) is 12.2 Å². The fourth-order valence-electron chi connectivity index (χ4n) is 1.64. The average Bonchev–Trinajstić information content (AvgIpc) is 3.06. The molecule has 0 radical (unpaired) electrons. The van der Waals surface area contributed by atoms with Crippen molar-refractivity contribution in [2.45, 2.75) is 6.92 Å². The van der Waals surface area contributed by atoms with Gasteiger partial charge in [0.15, 0.2) is 0 Å². The number of rotatable bonds is 3. The molecule has 0 unspecified atom stereocenters. The van der Waals surface area contributed by atoms with Gasteiger partial charge in [-0.25, -0.2) is 0 Å². The summed E-state index contributed by atoms with van der Waals surface area (Å²) >= 11 is 5.06. The molecule has 3 rings (SSSR count). The van der Waals surface area contributed by atoms with Gasteiger partial charge in [-0.3, -0.25) is 5.10 Å². The zero-order valence-corrected chi connectivity index (χ0v) is 11.4. The predicted octanol–water partition coefficient (Wildman–Crippen LogP) is 1.71. The van der Waals surface area contributed by atoms with E-state index >= 15 is 0 Å². The summed E-state index contributed by atoms with van der Waals surface area (Å²) in [5.41, 5.74) is 1.53. The minimum atomic E-state index is 0.439. The Bertz CT molecular complexity index is 797. The minimum absolute atomic E-state index is 0.439. The van der Waals surface area contributed by atoms with Crippen LogP contribution in [-0.2, 0) is 0 Å². The lowest BCUT2D eigenvalue weighted by Gasteiger charge is -1.96. The van der Waals surface area contributed by atoms with Gasteiger partial charge < -0.3 is 0 Å². The molecule has 0 bridgehead atoms. The first kappa shape index (κ1) is 12.4. The van der Waals surface area contributed by atoms with E-state index in [0.717, 1.165) is 5.69 Å². The molecule has 0 amide bonds. The normalized spacial score (nSPS) is 11.2. The van der Waals surface area contributed by atoms with Gasteiger partial charge >= 0.3 is 0 Å². The monoisotopic (exact) mass is 285 g/mol. The SMILES string of the molecule is Cc1n[nH]c(=S)n1/N=C/c1cnn(-c2ccccc2)n1. The predicted molar refractivity (Wildman–Crippen MR) is 76.5 cm³/mol. The lowest BCUT2D eigenvalue weighted by atomic mass is 10.3. The Balaban J connectivity index is 1.87. The highest BCUT2D eigenvalue weighted by atomic mass is 32.1. The molecule has 3 aromatic rings. The number of hydrogen-bond donors (Lipinski definition) is 1. The summed E-state index contributed by atoms with van der Waals surface area (Å²) in [7, 11) is 0. The van der Waals surface area contributed by atoms with Gasteiger partial charge in [-0.15, -0.1) is 5.10 Å². The summed E-state index contributed by atoms with van der Waals surface area (Å²) in [5, 5.41) is 19.4. The van der Waals surface area contributed by atoms with E-state index in [1.807, 2.05) is 37.3 Å². The first-order valence-corrected chi connectivity index (χ1v) is 6.31. The second-order valence-corrected chi connectivity index (χ2v) is 4.41. The molecule has 0 saturated carbocycles. The molecule has 8 heteroatoms. The summed E-state index contributed by atoms with van der Waals surface area (Å²) in [6.45, 7) is 1.81. The number of aromatic amines is 1. The van der Waals surface area contributed by atoms with Crippen molar-refractivity contribution in [3.63, 3.8) is 0 Å². The summed E-state index contributed by atoms with van der Waals surface area (Å²) < 4.78 is 1.96. The van der Waals surface area contributed by atoms with E-state index in [-0.39, 0.29) is 0 Å². The van der Waals surface area contributed by atoms with Gasteiger partial charge in [-0.05, 0) is 31.3 Å². The lowest BCUT2D eigenvalue weighted by molar-refractivity contribution is 0.750. The molecule has 1 aromatic carbocycles. The Labute approximate surface area is 119 Å². The van der Waals surface area contributed by atoms with Crippen LogP contribution in [0.4, 0.5) is 0 Å². The van der Waals surface area contributed by atoms with Crippen molar-refractivity contribution in [2.24, 2.45) is 5.10 Å². The fourth-order valence-corrected chi connectivity index (χ4v) is 1.87. The third-order valence-electron chi connectivity index (χ3n) is 2.61. The quantitative estimate of drug-likeness (QED) is 0.587. The van der Waals surface area contributed by atoms with E-state index in [9.17, 15) is 0 Å². The van der Waals surface area contributed by atoms with Crippen molar-refractivity contribution in [1.29, 1.82) is 0 Å². The summed E-state index contributed by atoms with van der Waals surface area (Å²) in [6.07, 6.45) is 3.22. The van der Waals surface area contributed by atoms with Crippen molar-refractivity contribution in [1.82, 2.24) is 29.9 Å². The molecule has 0 aliphatic heterocycles. The molecule has 0 atom stereocenters. The van der Waals surface area contributed by atoms with Crippen LogP contribution >= 0.6 is 12.2 Å². The van der Waals surface area contributed by atoms with Crippen LogP contribution in [0.5, 0.6) is 0 Å². The zero-order valence-electron chi connectivity index (χ0n) is 10.6. The topological polar surface area (TPSA) is 76.7 Å². The molecule has 7 nitrogen and oxygen atoms in total. The van der Waals surface area contributed by atoms with Gasteiger partial charge in [0, 0.05) is 0 Å². The Morgan fingerprint density at radius 3 is 2.80 bits per heavy atom. The number of aryl methyl sites for hydroxylation is 1. The smallest absolute Gasteiger partial charge is 0.216 e. The van der Waals surface area contributed by atoms with Gasteiger partial charge in [0.05, 0.1) is 18.1 Å². The van der Waals surface area contributed by atoms with Crippen LogP contribution in [0.25, 0.3) is 5.69 Å². The van der Waals surface area contributed by atoms with E-state index in [1.54, 1.807) is 17.2 Å². The molecule has 20 heavy (non-hydrogen) atoms. The van der Waals surface area contributed by atoms with Crippen molar-refractivity contribution in [3.05, 3.63) is 52.8 Å². The average molecular weight is 285 g/mol. The Morgan fingerprint density at radius 2 is 2.10 bits per heavy atom. The maximum atomic E-state index is 5.06. The number of benzene rings is 1. The van der Waals surface area contributed by atoms with Gasteiger partial charge in [-0.2, -0.15) is 24.8 Å². The highest BCUT2D eigenvalue weighted by molar-refractivity contribution is 7.71. The summed E-state index contributed by atoms with van der Waals surface area (Å²) in [4.78, 5) is 1.54. The molecule has 0 aliphatic carbocycles. The van der Waals surface area contributed by atoms with Crippen LogP contribution < -0.4 is 0 Å². The van der Waals surface area contributed by atoms with Crippen molar-refractivity contribution in [3.8, 4) is 5.69 Å². The summed E-state index contributed by atoms with van der Waals surface area (Å²) in [5.74, 6) is 0.682. The standard InChI is InChI=1S/C12H11N7S/c1-9-15-16-12(20)18(9)13-7-10-8-14-19(17-10)11-5-3-2-4-6-11/h2-8H,1H3,(H,16,20)/b13-7+. The third kappa shape index (κ3) is 2.41. The Morgan fingerprint density at radius 1 is 1.30 bits per heavy atom. The maximum Gasteiger partial charge on any atom is 0.216 e. The van der Waals surface area contributed by atoms with Gasteiger partial charge in [0.1, 0.15) is 11.5 Å². The first-order valence-electron chi connectivity index (χ1n) is 5.90. The molecule has 0 spiro atoms. The molecular weight excluding hydrogens is 274 g/mol. The number of nitrogens with one attached hydrogen (secondary N) is 1. The maximum absolute atomic E-state index is 5.06. The van der Waals surface area contributed by atoms with Crippen LogP contribution in [0.15, 0.2) is 41.6 Å². The lowest BCUT2D eigenvalue weighted by Crippen LogP contribution is -1.99. The van der Waals surface area contributed by atoms with Crippen molar-refractivity contribution < 1.29 is 0 Å². The van der Waals surface area contributed by atoms with Gasteiger partial charge in [-0.1, -0.05) is 18.2 Å². The number of para-hydroxylation sites is 1. The molecular formula is C12H11N7S. The first-order chi connectivity index (χ1) is 9.74. The minimum Gasteiger partial charge on any atom is -0.250 e. The molecule has 0 aliphatic rings. The van der Waals surface area contributed by atoms with E-state index in [2.05, 4.69) is 25.5 Å². The Kier molecular flexibility index (Phi) is 3.21. The van der Waals surface area contributed by atoms with Crippen LogP contribution in [0.2, 0.25) is 0 Å². The number of H-pyrrole nitrogens is 1. The Hall–Kier alpha value is -2.61. The molecule has 2 heterocycles. The molecule has 100 valence electrons. The van der Waals surface area contributed by atoms with E-state index in [0.29, 0.717) is 16.3 Å². The third-order valence-corrected chi connectivity index (χ3v) is 2.88. The fraction of sp³-hybridized carbons (Fsp3) is 0.0833. The van der Waals surface area contributed by atoms with E-state index in [1.165, 1.54) is 4.68 Å². The van der Waals surface area contributed by atoms with Gasteiger partial charge in [0.25, 0.3) is 0 Å². The van der Waals surface area contributed by atoms with Crippen LogP contribution in [0.1, 0.15) is 11.5 Å². The second-order valence-electron chi connectivity index (χ2n) is 4.03. The number of nitrogens with zero attached hydrogens (tertiary/aromatic N) is 6. The highest BCUT2D eigenvalue weighted by Gasteiger charge is 2.01. The van der Waals surface area contributed by atoms with Crippen LogP contribution in [0.3, 0.4) is 0 Å². The zero-order chi connectivity index (χ0) is 13.9. The molecule has 0 fully saturated rings. The van der Waals surface area contributed by atoms with Crippen LogP contribution in [-0.4, -0.2) is 36.1 Å². The van der Waals surface area contributed by atoms with Crippen molar-refractivity contribution >= 4 is 18.4 Å². The van der Waals surface area contributed by atoms with Crippen molar-refractivity contribution in [2.75, 3.05) is 0 Å². The van der Waals surface area contributed by atoms with Crippen LogP contribution in [0, 0.1) is 11.7 Å². The largest absolute Gasteiger partial charge is 0.250 e. The summed E-state index contributed by atoms with van der Waals surface area (Å²) in [6, 6.07) is 9.66.